The summed E-state index contributed by atoms with van der Waals surface area (Å²) >= 11 is 11.4. The minimum Gasteiger partial charge on any atom is -0.489 e. The predicted octanol–water partition coefficient (Wildman–Crippen LogP) is 4.82. The van der Waals surface area contributed by atoms with Crippen LogP contribution >= 0.6 is 23.2 Å². The summed E-state index contributed by atoms with van der Waals surface area (Å²) in [5.74, 6) is 7.03. The van der Waals surface area contributed by atoms with Gasteiger partial charge in [-0.25, -0.2) is 0 Å². The molecule has 0 fully saturated rings. The molecule has 1 nitrogen and oxygen atoms in total. The molecule has 0 atom stereocenters. The molecule has 2 rings (SSSR count). The molecular formula is C17H14Cl2O. The molecule has 0 saturated heterocycles. The van der Waals surface area contributed by atoms with E-state index in [9.17, 15) is 0 Å². The number of ether oxygens (including phenoxy) is 1. The van der Waals surface area contributed by atoms with Gasteiger partial charge in [0, 0.05) is 10.6 Å². The smallest absolute Gasteiger partial charge is 0.122 e. The molecule has 102 valence electrons. The molecule has 2 aromatic carbocycles. The number of rotatable bonds is 3. The van der Waals surface area contributed by atoms with Crippen molar-refractivity contribution < 1.29 is 4.74 Å². The average molecular weight is 305 g/mol. The summed E-state index contributed by atoms with van der Waals surface area (Å²) in [4.78, 5) is 0. The Bertz CT molecular complexity index is 636. The van der Waals surface area contributed by atoms with Gasteiger partial charge in [0.1, 0.15) is 12.4 Å². The maximum absolute atomic E-state index is 5.85. The standard InChI is InChI=1S/C17H14Cl2O/c1-13-11-14(3-2-10-18)6-9-17(13)20-12-15-4-7-16(19)8-5-15/h4-9,11H,10,12H2,1H3. The second-order valence-corrected chi connectivity index (χ2v) is 5.03. The molecule has 0 unspecified atom stereocenters. The van der Waals surface area contributed by atoms with E-state index in [0.29, 0.717) is 12.5 Å². The number of hydrogen-bond donors (Lipinski definition) is 0. The molecule has 0 aliphatic heterocycles. The third-order valence-corrected chi connectivity index (χ3v) is 3.17. The first kappa shape index (κ1) is 14.8. The Morgan fingerprint density at radius 1 is 1.10 bits per heavy atom. The van der Waals surface area contributed by atoms with Crippen LogP contribution in [0.1, 0.15) is 16.7 Å². The molecule has 0 N–H and O–H groups in total. The zero-order valence-corrected chi connectivity index (χ0v) is 12.6. The summed E-state index contributed by atoms with van der Waals surface area (Å²) in [5, 5.41) is 0.729. The fourth-order valence-corrected chi connectivity index (χ4v) is 1.96. The van der Waals surface area contributed by atoms with E-state index in [1.165, 1.54) is 0 Å². The van der Waals surface area contributed by atoms with Crippen LogP contribution in [0.4, 0.5) is 0 Å². The molecule has 2 aromatic rings. The summed E-state index contributed by atoms with van der Waals surface area (Å²) in [6.45, 7) is 2.52. The van der Waals surface area contributed by atoms with Gasteiger partial charge in [0.05, 0.1) is 5.88 Å². The Balaban J connectivity index is 2.04. The highest BCUT2D eigenvalue weighted by Crippen LogP contribution is 2.20. The van der Waals surface area contributed by atoms with Crippen molar-refractivity contribution in [3.05, 3.63) is 64.2 Å². The Labute approximate surface area is 129 Å². The molecule has 0 bridgehead atoms. The normalized spacial score (nSPS) is 9.75. The van der Waals surface area contributed by atoms with E-state index in [4.69, 9.17) is 27.9 Å². The van der Waals surface area contributed by atoms with Gasteiger partial charge in [0.2, 0.25) is 0 Å². The van der Waals surface area contributed by atoms with Crippen molar-refractivity contribution in [3.63, 3.8) is 0 Å². The largest absolute Gasteiger partial charge is 0.489 e. The highest BCUT2D eigenvalue weighted by molar-refractivity contribution is 6.30. The van der Waals surface area contributed by atoms with Crippen LogP contribution in [0.5, 0.6) is 5.75 Å². The number of hydrogen-bond acceptors (Lipinski definition) is 1. The third kappa shape index (κ3) is 4.20. The Hall–Kier alpha value is -1.62. The highest BCUT2D eigenvalue weighted by Gasteiger charge is 2.01. The number of alkyl halides is 1. The lowest BCUT2D eigenvalue weighted by Gasteiger charge is -2.09. The zero-order valence-electron chi connectivity index (χ0n) is 11.1. The lowest BCUT2D eigenvalue weighted by Crippen LogP contribution is -1.97. The van der Waals surface area contributed by atoms with Crippen LogP contribution in [0, 0.1) is 18.8 Å². The lowest BCUT2D eigenvalue weighted by atomic mass is 10.1. The first-order valence-corrected chi connectivity index (χ1v) is 7.13. The van der Waals surface area contributed by atoms with E-state index in [-0.39, 0.29) is 0 Å². The van der Waals surface area contributed by atoms with Gasteiger partial charge in [-0.15, -0.1) is 11.6 Å². The van der Waals surface area contributed by atoms with E-state index < -0.39 is 0 Å². The van der Waals surface area contributed by atoms with Crippen LogP contribution in [-0.4, -0.2) is 5.88 Å². The minimum atomic E-state index is 0.341. The lowest BCUT2D eigenvalue weighted by molar-refractivity contribution is 0.304. The minimum absolute atomic E-state index is 0.341. The second kappa shape index (κ2) is 7.24. The molecule has 0 amide bonds. The fraction of sp³-hybridized carbons (Fsp3) is 0.176. The number of benzene rings is 2. The maximum Gasteiger partial charge on any atom is 0.122 e. The average Bonchev–Trinajstić information content (AvgIpc) is 2.46. The highest BCUT2D eigenvalue weighted by atomic mass is 35.5. The van der Waals surface area contributed by atoms with Gasteiger partial charge in [0.25, 0.3) is 0 Å². The Kier molecular flexibility index (Phi) is 5.35. The summed E-state index contributed by atoms with van der Waals surface area (Å²) < 4.78 is 5.80. The Morgan fingerprint density at radius 2 is 1.85 bits per heavy atom. The van der Waals surface area contributed by atoms with Crippen LogP contribution in [-0.2, 0) is 6.61 Å². The van der Waals surface area contributed by atoms with Gasteiger partial charge in [-0.2, -0.15) is 0 Å². The molecule has 0 aliphatic rings. The van der Waals surface area contributed by atoms with E-state index in [1.807, 2.05) is 49.4 Å². The van der Waals surface area contributed by atoms with Gasteiger partial charge in [0.15, 0.2) is 0 Å². The van der Waals surface area contributed by atoms with Crippen LogP contribution in [0.2, 0.25) is 5.02 Å². The zero-order chi connectivity index (χ0) is 14.4. The van der Waals surface area contributed by atoms with Crippen molar-refractivity contribution in [1.82, 2.24) is 0 Å². The third-order valence-electron chi connectivity index (χ3n) is 2.78. The summed E-state index contributed by atoms with van der Waals surface area (Å²) in [6, 6.07) is 13.5. The summed E-state index contributed by atoms with van der Waals surface area (Å²) in [7, 11) is 0. The van der Waals surface area contributed by atoms with Crippen molar-refractivity contribution in [2.45, 2.75) is 13.5 Å². The quantitative estimate of drug-likeness (QED) is 0.583. The first-order chi connectivity index (χ1) is 9.69. The van der Waals surface area contributed by atoms with Gasteiger partial charge < -0.3 is 4.74 Å². The second-order valence-electron chi connectivity index (χ2n) is 4.33. The SMILES string of the molecule is Cc1cc(C#CCCl)ccc1OCc1ccc(Cl)cc1. The van der Waals surface area contributed by atoms with Gasteiger partial charge in [-0.1, -0.05) is 35.6 Å². The van der Waals surface area contributed by atoms with Crippen molar-refractivity contribution >= 4 is 23.2 Å². The van der Waals surface area contributed by atoms with Crippen molar-refractivity contribution in [2.24, 2.45) is 0 Å². The molecule has 0 aliphatic carbocycles. The summed E-state index contributed by atoms with van der Waals surface area (Å²) in [6.07, 6.45) is 0. The van der Waals surface area contributed by atoms with Crippen LogP contribution < -0.4 is 4.74 Å². The van der Waals surface area contributed by atoms with Crippen LogP contribution in [0.15, 0.2) is 42.5 Å². The fourth-order valence-electron chi connectivity index (χ4n) is 1.77. The van der Waals surface area contributed by atoms with Crippen molar-refractivity contribution in [1.29, 1.82) is 0 Å². The topological polar surface area (TPSA) is 9.23 Å². The molecular weight excluding hydrogens is 291 g/mol. The maximum atomic E-state index is 5.85. The monoisotopic (exact) mass is 304 g/mol. The summed E-state index contributed by atoms with van der Waals surface area (Å²) in [5.41, 5.74) is 3.09. The molecule has 0 saturated carbocycles. The molecule has 0 radical (unpaired) electrons. The van der Waals surface area contributed by atoms with Crippen molar-refractivity contribution in [3.8, 4) is 17.6 Å². The van der Waals surface area contributed by atoms with Gasteiger partial charge in [-0.3, -0.25) is 0 Å². The first-order valence-electron chi connectivity index (χ1n) is 6.22. The van der Waals surface area contributed by atoms with E-state index in [0.717, 1.165) is 27.5 Å². The van der Waals surface area contributed by atoms with E-state index in [2.05, 4.69) is 11.8 Å². The number of aryl methyl sites for hydroxylation is 1. The molecule has 20 heavy (non-hydrogen) atoms. The molecule has 0 spiro atoms. The van der Waals surface area contributed by atoms with Gasteiger partial charge in [-0.05, 0) is 48.4 Å². The predicted molar refractivity (Wildman–Crippen MR) is 84.6 cm³/mol. The van der Waals surface area contributed by atoms with E-state index in [1.54, 1.807) is 0 Å². The number of halogens is 2. The Morgan fingerprint density at radius 3 is 2.50 bits per heavy atom. The molecule has 0 aromatic heterocycles. The molecule has 0 heterocycles. The molecule has 3 heteroatoms. The van der Waals surface area contributed by atoms with Crippen molar-refractivity contribution in [2.75, 3.05) is 5.88 Å². The van der Waals surface area contributed by atoms with Crippen LogP contribution in [0.25, 0.3) is 0 Å². The van der Waals surface area contributed by atoms with Crippen LogP contribution in [0.3, 0.4) is 0 Å². The van der Waals surface area contributed by atoms with E-state index >= 15 is 0 Å². The van der Waals surface area contributed by atoms with Gasteiger partial charge >= 0.3 is 0 Å².